The molecule has 0 atom stereocenters. The number of hydrogen-bond acceptors (Lipinski definition) is 4. The van der Waals surface area contributed by atoms with Gasteiger partial charge in [0.1, 0.15) is 10.6 Å². The van der Waals surface area contributed by atoms with E-state index < -0.39 is 10.0 Å². The van der Waals surface area contributed by atoms with Crippen LogP contribution < -0.4 is 15.2 Å². The van der Waals surface area contributed by atoms with Crippen molar-refractivity contribution in [3.05, 3.63) is 36.7 Å². The summed E-state index contributed by atoms with van der Waals surface area (Å²) in [6.07, 6.45) is 2.94. The Balaban J connectivity index is 2.30. The number of nitrogens with one attached hydrogen (secondary N) is 2. The Bertz CT molecular complexity index is 636. The van der Waals surface area contributed by atoms with Crippen LogP contribution in [0.3, 0.4) is 0 Å². The van der Waals surface area contributed by atoms with Crippen molar-refractivity contribution >= 4 is 21.4 Å². The van der Waals surface area contributed by atoms with Gasteiger partial charge in [-0.2, -0.15) is 0 Å². The monoisotopic (exact) mass is 267 g/mol. The predicted octanol–water partition coefficient (Wildman–Crippen LogP) is 1.41. The summed E-state index contributed by atoms with van der Waals surface area (Å²) >= 11 is 0. The average molecular weight is 267 g/mol. The molecule has 96 valence electrons. The maximum atomic E-state index is 11.9. The van der Waals surface area contributed by atoms with Crippen molar-refractivity contribution in [1.29, 1.82) is 0 Å². The molecule has 1 aromatic heterocycles. The van der Waals surface area contributed by atoms with Crippen molar-refractivity contribution in [1.82, 2.24) is 4.98 Å². The lowest BCUT2D eigenvalue weighted by atomic mass is 10.3. The molecule has 0 fully saturated rings. The molecule has 6 nitrogen and oxygen atoms in total. The minimum Gasteiger partial charge on any atom is -0.495 e. The zero-order chi connectivity index (χ0) is 13.2. The Morgan fingerprint density at radius 3 is 2.72 bits per heavy atom. The van der Waals surface area contributed by atoms with Crippen LogP contribution in [-0.4, -0.2) is 20.5 Å². The number of methoxy groups -OCH3 is 1. The standard InChI is InChI=1S/C11H13N3O3S/c1-17-11-6-8(2-3-10(11)12)14-18(15,16)9-4-5-13-7-9/h2-7,13-14H,12H2,1H3. The minimum atomic E-state index is -3.59. The predicted molar refractivity (Wildman–Crippen MR) is 69.0 cm³/mol. The fourth-order valence-electron chi connectivity index (χ4n) is 1.46. The van der Waals surface area contributed by atoms with Crippen LogP contribution in [0.2, 0.25) is 0 Å². The van der Waals surface area contributed by atoms with E-state index in [0.717, 1.165) is 0 Å². The number of nitrogen functional groups attached to an aromatic ring is 1. The second kappa shape index (κ2) is 4.61. The molecule has 1 heterocycles. The molecular formula is C11H13N3O3S. The summed E-state index contributed by atoms with van der Waals surface area (Å²) in [5.74, 6) is 0.421. The van der Waals surface area contributed by atoms with E-state index in [2.05, 4.69) is 9.71 Å². The van der Waals surface area contributed by atoms with Crippen LogP contribution in [0.1, 0.15) is 0 Å². The third kappa shape index (κ3) is 2.40. The highest BCUT2D eigenvalue weighted by molar-refractivity contribution is 7.92. The molecule has 1 aromatic carbocycles. The average Bonchev–Trinajstić information content (AvgIpc) is 2.85. The van der Waals surface area contributed by atoms with Crippen molar-refractivity contribution in [3.63, 3.8) is 0 Å². The van der Waals surface area contributed by atoms with Crippen LogP contribution in [-0.2, 0) is 10.0 Å². The number of rotatable bonds is 4. The highest BCUT2D eigenvalue weighted by atomic mass is 32.2. The van der Waals surface area contributed by atoms with E-state index in [4.69, 9.17) is 10.5 Å². The summed E-state index contributed by atoms with van der Waals surface area (Å²) in [4.78, 5) is 2.85. The normalized spacial score (nSPS) is 11.2. The van der Waals surface area contributed by atoms with Crippen LogP contribution in [0.4, 0.5) is 11.4 Å². The number of nitrogens with two attached hydrogens (primary N) is 1. The van der Waals surface area contributed by atoms with Crippen LogP contribution in [0.5, 0.6) is 5.75 Å². The van der Waals surface area contributed by atoms with Crippen molar-refractivity contribution in [2.24, 2.45) is 0 Å². The Morgan fingerprint density at radius 1 is 1.33 bits per heavy atom. The maximum absolute atomic E-state index is 11.9. The first-order chi connectivity index (χ1) is 8.53. The van der Waals surface area contributed by atoms with Gasteiger partial charge >= 0.3 is 0 Å². The van der Waals surface area contributed by atoms with E-state index in [9.17, 15) is 8.42 Å². The van der Waals surface area contributed by atoms with Gasteiger partial charge in [-0.3, -0.25) is 4.72 Å². The summed E-state index contributed by atoms with van der Waals surface area (Å²) in [6, 6.07) is 6.15. The summed E-state index contributed by atoms with van der Waals surface area (Å²) in [6.45, 7) is 0. The Kier molecular flexibility index (Phi) is 3.15. The number of hydrogen-bond donors (Lipinski definition) is 3. The van der Waals surface area contributed by atoms with Gasteiger partial charge in [0.2, 0.25) is 0 Å². The van der Waals surface area contributed by atoms with Gasteiger partial charge < -0.3 is 15.5 Å². The number of aromatic amines is 1. The summed E-state index contributed by atoms with van der Waals surface area (Å²) in [7, 11) is -2.12. The lowest BCUT2D eigenvalue weighted by Crippen LogP contribution is -2.12. The number of ether oxygens (including phenoxy) is 1. The van der Waals surface area contributed by atoms with Crippen molar-refractivity contribution < 1.29 is 13.2 Å². The Labute approximate surface area is 105 Å². The molecule has 7 heteroatoms. The van der Waals surface area contributed by atoms with E-state index in [1.807, 2.05) is 0 Å². The molecule has 2 rings (SSSR count). The molecule has 4 N–H and O–H groups in total. The van der Waals surface area contributed by atoms with Gasteiger partial charge in [-0.05, 0) is 18.2 Å². The number of H-pyrrole nitrogens is 1. The summed E-state index contributed by atoms with van der Waals surface area (Å²) in [5.41, 5.74) is 6.49. The van der Waals surface area contributed by atoms with E-state index in [1.54, 1.807) is 12.1 Å². The molecule has 0 saturated carbocycles. The molecule has 0 spiro atoms. The van der Waals surface area contributed by atoms with Gasteiger partial charge in [-0.15, -0.1) is 0 Å². The van der Waals surface area contributed by atoms with Gasteiger partial charge in [-0.25, -0.2) is 8.42 Å². The molecular weight excluding hydrogens is 254 g/mol. The zero-order valence-corrected chi connectivity index (χ0v) is 10.5. The molecule has 0 saturated heterocycles. The first-order valence-electron chi connectivity index (χ1n) is 5.12. The largest absolute Gasteiger partial charge is 0.495 e. The summed E-state index contributed by atoms with van der Waals surface area (Å²) in [5, 5.41) is 0. The molecule has 0 aliphatic heterocycles. The van der Waals surface area contributed by atoms with Crippen molar-refractivity contribution in [2.75, 3.05) is 17.6 Å². The van der Waals surface area contributed by atoms with Crippen LogP contribution >= 0.6 is 0 Å². The van der Waals surface area contributed by atoms with Gasteiger partial charge in [0.25, 0.3) is 10.0 Å². The molecule has 18 heavy (non-hydrogen) atoms. The fourth-order valence-corrected chi connectivity index (χ4v) is 2.49. The number of benzene rings is 1. The second-order valence-corrected chi connectivity index (χ2v) is 5.29. The lowest BCUT2D eigenvalue weighted by Gasteiger charge is -2.09. The third-order valence-electron chi connectivity index (χ3n) is 2.37. The molecule has 0 radical (unpaired) electrons. The molecule has 0 aliphatic rings. The quantitative estimate of drug-likeness (QED) is 0.729. The maximum Gasteiger partial charge on any atom is 0.263 e. The van der Waals surface area contributed by atoms with E-state index in [1.165, 1.54) is 31.6 Å². The van der Waals surface area contributed by atoms with Gasteiger partial charge in [0.15, 0.2) is 0 Å². The Morgan fingerprint density at radius 2 is 2.11 bits per heavy atom. The van der Waals surface area contributed by atoms with Crippen LogP contribution in [0.15, 0.2) is 41.6 Å². The van der Waals surface area contributed by atoms with Crippen molar-refractivity contribution in [2.45, 2.75) is 4.90 Å². The topological polar surface area (TPSA) is 97.2 Å². The lowest BCUT2D eigenvalue weighted by molar-refractivity contribution is 0.417. The third-order valence-corrected chi connectivity index (χ3v) is 3.74. The summed E-state index contributed by atoms with van der Waals surface area (Å²) < 4.78 is 31.4. The van der Waals surface area contributed by atoms with Gasteiger partial charge in [-0.1, -0.05) is 0 Å². The highest BCUT2D eigenvalue weighted by Crippen LogP contribution is 2.26. The van der Waals surface area contributed by atoms with E-state index in [0.29, 0.717) is 17.1 Å². The van der Waals surface area contributed by atoms with Gasteiger partial charge in [0.05, 0.1) is 18.5 Å². The fraction of sp³-hybridized carbons (Fsp3) is 0.0909. The van der Waals surface area contributed by atoms with E-state index >= 15 is 0 Å². The first kappa shape index (κ1) is 12.3. The van der Waals surface area contributed by atoms with Crippen molar-refractivity contribution in [3.8, 4) is 5.75 Å². The molecule has 0 amide bonds. The smallest absolute Gasteiger partial charge is 0.263 e. The molecule has 0 bridgehead atoms. The highest BCUT2D eigenvalue weighted by Gasteiger charge is 2.14. The SMILES string of the molecule is COc1cc(NS(=O)(=O)c2cc[nH]c2)ccc1N. The van der Waals surface area contributed by atoms with E-state index in [-0.39, 0.29) is 4.90 Å². The minimum absolute atomic E-state index is 0.165. The molecule has 2 aromatic rings. The van der Waals surface area contributed by atoms with Crippen LogP contribution in [0, 0.1) is 0 Å². The zero-order valence-electron chi connectivity index (χ0n) is 9.67. The second-order valence-electron chi connectivity index (χ2n) is 3.61. The Hall–Kier alpha value is -2.15. The first-order valence-corrected chi connectivity index (χ1v) is 6.60. The molecule has 0 unspecified atom stereocenters. The number of sulfonamides is 1. The number of aromatic nitrogens is 1. The number of anilines is 2. The van der Waals surface area contributed by atoms with Gasteiger partial charge in [0, 0.05) is 18.5 Å². The van der Waals surface area contributed by atoms with Crippen LogP contribution in [0.25, 0.3) is 0 Å². The molecule has 0 aliphatic carbocycles.